The number of alkyl halides is 1. The number of nitrogens with one attached hydrogen (secondary N) is 1. The quantitative estimate of drug-likeness (QED) is 0.746. The van der Waals surface area contributed by atoms with Crippen molar-refractivity contribution in [1.29, 1.82) is 0 Å². The maximum Gasteiger partial charge on any atom is 0.0577 e. The van der Waals surface area contributed by atoms with Crippen LogP contribution in [0.15, 0.2) is 53.0 Å². The molecule has 3 heteroatoms. The van der Waals surface area contributed by atoms with Crippen LogP contribution in [0.3, 0.4) is 0 Å². The summed E-state index contributed by atoms with van der Waals surface area (Å²) in [6.45, 7) is 2.77. The van der Waals surface area contributed by atoms with Crippen LogP contribution in [-0.4, -0.2) is 0 Å². The maximum atomic E-state index is 6.17. The van der Waals surface area contributed by atoms with E-state index in [1.807, 2.05) is 37.3 Å². The number of benzene rings is 2. The van der Waals surface area contributed by atoms with E-state index in [-0.39, 0.29) is 5.38 Å². The van der Waals surface area contributed by atoms with Gasteiger partial charge >= 0.3 is 0 Å². The van der Waals surface area contributed by atoms with Crippen molar-refractivity contribution in [3.8, 4) is 0 Å². The highest BCUT2D eigenvalue weighted by atomic mass is 79.9. The van der Waals surface area contributed by atoms with E-state index in [1.54, 1.807) is 0 Å². The smallest absolute Gasteiger partial charge is 0.0577 e. The van der Waals surface area contributed by atoms with E-state index in [1.165, 1.54) is 5.56 Å². The number of rotatable bonds is 4. The molecule has 0 saturated heterocycles. The van der Waals surface area contributed by atoms with Gasteiger partial charge in [0.2, 0.25) is 0 Å². The first-order valence-corrected chi connectivity index (χ1v) is 7.11. The highest BCUT2D eigenvalue weighted by molar-refractivity contribution is 9.10. The van der Waals surface area contributed by atoms with Crippen LogP contribution in [0.2, 0.25) is 0 Å². The van der Waals surface area contributed by atoms with Gasteiger partial charge < -0.3 is 5.32 Å². The second-order valence-electron chi connectivity index (χ2n) is 4.15. The van der Waals surface area contributed by atoms with Gasteiger partial charge in [0.1, 0.15) is 0 Å². The summed E-state index contributed by atoms with van der Waals surface area (Å²) in [5.41, 5.74) is 3.46. The topological polar surface area (TPSA) is 12.0 Å². The van der Waals surface area contributed by atoms with Crippen LogP contribution in [0.1, 0.15) is 23.4 Å². The van der Waals surface area contributed by atoms with E-state index >= 15 is 0 Å². The molecule has 0 bridgehead atoms. The Morgan fingerprint density at radius 3 is 2.50 bits per heavy atom. The van der Waals surface area contributed by atoms with Crippen LogP contribution in [0.25, 0.3) is 0 Å². The summed E-state index contributed by atoms with van der Waals surface area (Å²) in [5, 5.41) is 3.44. The molecule has 0 heterocycles. The Bertz CT molecular complexity index is 525. The fourth-order valence-electron chi connectivity index (χ4n) is 1.84. The zero-order chi connectivity index (χ0) is 13.0. The molecule has 0 aromatic heterocycles. The minimum Gasteiger partial charge on any atom is -0.381 e. The molecule has 94 valence electrons. The summed E-state index contributed by atoms with van der Waals surface area (Å²) < 4.78 is 1.12. The van der Waals surface area contributed by atoms with Crippen LogP contribution in [0.4, 0.5) is 5.69 Å². The summed E-state index contributed by atoms with van der Waals surface area (Å²) in [6, 6.07) is 16.4. The van der Waals surface area contributed by atoms with Gasteiger partial charge in [0.15, 0.2) is 0 Å². The molecule has 0 aliphatic rings. The molecule has 0 amide bonds. The predicted molar refractivity (Wildman–Crippen MR) is 82.2 cm³/mol. The lowest BCUT2D eigenvalue weighted by Crippen LogP contribution is -2.03. The van der Waals surface area contributed by atoms with Gasteiger partial charge in [0.05, 0.1) is 5.38 Å². The Morgan fingerprint density at radius 2 is 1.78 bits per heavy atom. The van der Waals surface area contributed by atoms with Crippen LogP contribution in [-0.2, 0) is 6.54 Å². The lowest BCUT2D eigenvalue weighted by molar-refractivity contribution is 1.06. The van der Waals surface area contributed by atoms with Crippen molar-refractivity contribution >= 4 is 33.2 Å². The summed E-state index contributed by atoms with van der Waals surface area (Å²) in [5.74, 6) is 0. The Kier molecular flexibility index (Phi) is 4.67. The molecule has 1 atom stereocenters. The standard InChI is InChI=1S/C15H15BrClN/c1-11(17)13-7-3-5-9-15(13)18-10-12-6-2-4-8-14(12)16/h2-9,11,18H,10H2,1H3. The molecule has 1 nitrogen and oxygen atoms in total. The number of halogens is 2. The lowest BCUT2D eigenvalue weighted by atomic mass is 10.1. The van der Waals surface area contributed by atoms with Gasteiger partial charge in [-0.1, -0.05) is 52.3 Å². The SMILES string of the molecule is CC(Cl)c1ccccc1NCc1ccccc1Br. The molecule has 2 aromatic rings. The van der Waals surface area contributed by atoms with Crippen molar-refractivity contribution < 1.29 is 0 Å². The minimum atomic E-state index is 0.00733. The van der Waals surface area contributed by atoms with Gasteiger partial charge in [-0.25, -0.2) is 0 Å². The maximum absolute atomic E-state index is 6.17. The molecular weight excluding hydrogens is 310 g/mol. The van der Waals surface area contributed by atoms with Gasteiger partial charge in [-0.2, -0.15) is 0 Å². The Morgan fingerprint density at radius 1 is 1.11 bits per heavy atom. The Labute approximate surface area is 121 Å². The predicted octanol–water partition coefficient (Wildman–Crippen LogP) is 5.36. The summed E-state index contributed by atoms with van der Waals surface area (Å²) in [7, 11) is 0. The van der Waals surface area contributed by atoms with Crippen molar-refractivity contribution in [2.75, 3.05) is 5.32 Å². The van der Waals surface area contributed by atoms with E-state index in [2.05, 4.69) is 39.4 Å². The molecule has 2 rings (SSSR count). The molecule has 0 fully saturated rings. The van der Waals surface area contributed by atoms with Crippen LogP contribution < -0.4 is 5.32 Å². The third kappa shape index (κ3) is 3.27. The second kappa shape index (κ2) is 6.26. The summed E-state index contributed by atoms with van der Waals surface area (Å²) in [6.07, 6.45) is 0. The third-order valence-electron chi connectivity index (χ3n) is 2.82. The third-order valence-corrected chi connectivity index (χ3v) is 3.83. The van der Waals surface area contributed by atoms with Gasteiger partial charge in [-0.15, -0.1) is 11.6 Å². The first-order chi connectivity index (χ1) is 8.68. The number of anilines is 1. The van der Waals surface area contributed by atoms with E-state index in [0.29, 0.717) is 0 Å². The van der Waals surface area contributed by atoms with Crippen molar-refractivity contribution in [2.24, 2.45) is 0 Å². The lowest BCUT2D eigenvalue weighted by Gasteiger charge is -2.14. The fourth-order valence-corrected chi connectivity index (χ4v) is 2.45. The molecule has 18 heavy (non-hydrogen) atoms. The van der Waals surface area contributed by atoms with E-state index in [4.69, 9.17) is 11.6 Å². The van der Waals surface area contributed by atoms with Crippen molar-refractivity contribution in [2.45, 2.75) is 18.8 Å². The Hall–Kier alpha value is -0.990. The summed E-state index contributed by atoms with van der Waals surface area (Å²) >= 11 is 9.72. The zero-order valence-corrected chi connectivity index (χ0v) is 12.5. The molecular formula is C15H15BrClN. The molecule has 1 N–H and O–H groups in total. The largest absolute Gasteiger partial charge is 0.381 e. The molecule has 0 aliphatic carbocycles. The molecule has 0 aliphatic heterocycles. The van der Waals surface area contributed by atoms with Crippen molar-refractivity contribution in [3.63, 3.8) is 0 Å². The second-order valence-corrected chi connectivity index (χ2v) is 5.66. The van der Waals surface area contributed by atoms with E-state index in [0.717, 1.165) is 22.3 Å². The monoisotopic (exact) mass is 323 g/mol. The Balaban J connectivity index is 2.14. The normalized spacial score (nSPS) is 12.2. The highest BCUT2D eigenvalue weighted by Crippen LogP contribution is 2.27. The zero-order valence-electron chi connectivity index (χ0n) is 10.2. The summed E-state index contributed by atoms with van der Waals surface area (Å²) in [4.78, 5) is 0. The average molecular weight is 325 g/mol. The average Bonchev–Trinajstić information content (AvgIpc) is 2.38. The minimum absolute atomic E-state index is 0.00733. The van der Waals surface area contributed by atoms with Crippen LogP contribution >= 0.6 is 27.5 Å². The fraction of sp³-hybridized carbons (Fsp3) is 0.200. The number of hydrogen-bond acceptors (Lipinski definition) is 1. The van der Waals surface area contributed by atoms with E-state index in [9.17, 15) is 0 Å². The molecule has 2 aromatic carbocycles. The molecule has 1 unspecified atom stereocenters. The van der Waals surface area contributed by atoms with E-state index < -0.39 is 0 Å². The first kappa shape index (κ1) is 13.4. The molecule has 0 radical (unpaired) electrons. The highest BCUT2D eigenvalue weighted by Gasteiger charge is 2.07. The van der Waals surface area contributed by atoms with Gasteiger partial charge in [0, 0.05) is 16.7 Å². The van der Waals surface area contributed by atoms with Gasteiger partial charge in [-0.3, -0.25) is 0 Å². The first-order valence-electron chi connectivity index (χ1n) is 5.89. The molecule has 0 spiro atoms. The van der Waals surface area contributed by atoms with Crippen molar-refractivity contribution in [1.82, 2.24) is 0 Å². The number of para-hydroxylation sites is 1. The van der Waals surface area contributed by atoms with Gasteiger partial charge in [-0.05, 0) is 30.2 Å². The van der Waals surface area contributed by atoms with Crippen LogP contribution in [0, 0.1) is 0 Å². The van der Waals surface area contributed by atoms with Gasteiger partial charge in [0.25, 0.3) is 0 Å². The molecule has 0 saturated carbocycles. The van der Waals surface area contributed by atoms with Crippen molar-refractivity contribution in [3.05, 3.63) is 64.1 Å². The number of hydrogen-bond donors (Lipinski definition) is 1. The van der Waals surface area contributed by atoms with Crippen LogP contribution in [0.5, 0.6) is 0 Å².